The summed E-state index contributed by atoms with van der Waals surface area (Å²) in [6, 6.07) is 10.0. The molecule has 2 aromatic rings. The van der Waals surface area contributed by atoms with Gasteiger partial charge in [0.05, 0.1) is 0 Å². The third-order valence-corrected chi connectivity index (χ3v) is 6.23. The van der Waals surface area contributed by atoms with Gasteiger partial charge in [0.15, 0.2) is 0 Å². The monoisotopic (exact) mass is 387 g/mol. The molecule has 0 saturated heterocycles. The zero-order chi connectivity index (χ0) is 15.7. The minimum atomic E-state index is -4.35. The number of hydrogen-bond acceptors (Lipinski definition) is 4. The molecule has 0 amide bonds. The standard InChI is InChI=1S/C12H8Cl2NO4S2.Na/c13-9-1-5-11(6-2-9)20(16,17)15-21(18,19)12-7-3-10(14)4-8-12;/h1-8H;/q-1;+1. The van der Waals surface area contributed by atoms with Gasteiger partial charge < -0.3 is 4.13 Å². The predicted octanol–water partition coefficient (Wildman–Crippen LogP) is 0.449. The van der Waals surface area contributed by atoms with Crippen LogP contribution in [0, 0.1) is 0 Å². The first kappa shape index (κ1) is 19.9. The molecule has 0 N–H and O–H groups in total. The number of rotatable bonds is 4. The Labute approximate surface area is 161 Å². The quantitative estimate of drug-likeness (QED) is 0.713. The van der Waals surface area contributed by atoms with Crippen LogP contribution in [0.5, 0.6) is 0 Å². The van der Waals surface area contributed by atoms with Gasteiger partial charge >= 0.3 is 29.6 Å². The summed E-state index contributed by atoms with van der Waals surface area (Å²) in [5.74, 6) is 0. The van der Waals surface area contributed by atoms with E-state index >= 15 is 0 Å². The molecule has 22 heavy (non-hydrogen) atoms. The van der Waals surface area contributed by atoms with E-state index in [-0.39, 0.29) is 39.3 Å². The van der Waals surface area contributed by atoms with Crippen molar-refractivity contribution in [3.8, 4) is 0 Å². The average Bonchev–Trinajstić information content (AvgIpc) is 2.38. The molecule has 0 aliphatic carbocycles. The Morgan fingerprint density at radius 3 is 1.18 bits per heavy atom. The van der Waals surface area contributed by atoms with E-state index < -0.39 is 20.0 Å². The summed E-state index contributed by atoms with van der Waals surface area (Å²) < 4.78 is 50.9. The maximum atomic E-state index is 12.0. The van der Waals surface area contributed by atoms with Crippen LogP contribution in [0.25, 0.3) is 4.13 Å². The van der Waals surface area contributed by atoms with E-state index in [2.05, 4.69) is 4.13 Å². The normalized spacial score (nSPS) is 11.7. The molecule has 0 fully saturated rings. The summed E-state index contributed by atoms with van der Waals surface area (Å²) in [7, 11) is -8.70. The molecule has 10 heteroatoms. The van der Waals surface area contributed by atoms with Gasteiger partial charge in [0.2, 0.25) is 0 Å². The van der Waals surface area contributed by atoms with Gasteiger partial charge in [-0.05, 0) is 48.5 Å². The minimum Gasteiger partial charge on any atom is -0.428 e. The van der Waals surface area contributed by atoms with Gasteiger partial charge in [-0.1, -0.05) is 23.2 Å². The van der Waals surface area contributed by atoms with Gasteiger partial charge in [-0.2, -0.15) is 0 Å². The molecule has 112 valence electrons. The van der Waals surface area contributed by atoms with Crippen molar-refractivity contribution in [2.24, 2.45) is 0 Å². The second-order valence-corrected chi connectivity index (χ2v) is 8.24. The largest absolute Gasteiger partial charge is 1.00 e. The number of hydrogen-bond donors (Lipinski definition) is 0. The molecule has 2 aromatic carbocycles. The molecular weight excluding hydrogens is 380 g/mol. The van der Waals surface area contributed by atoms with Crippen molar-refractivity contribution in [3.63, 3.8) is 0 Å². The summed E-state index contributed by atoms with van der Waals surface area (Å²) in [5.41, 5.74) is 0. The number of sulfonamides is 2. The van der Waals surface area contributed by atoms with Crippen molar-refractivity contribution in [1.29, 1.82) is 0 Å². The second-order valence-electron chi connectivity index (χ2n) is 3.93. The van der Waals surface area contributed by atoms with E-state index in [9.17, 15) is 16.8 Å². The van der Waals surface area contributed by atoms with E-state index in [4.69, 9.17) is 23.2 Å². The SMILES string of the molecule is O=S(=O)([N-]S(=O)(=O)c1ccc(Cl)cc1)c1ccc(Cl)cc1.[Na+]. The van der Waals surface area contributed by atoms with Crippen LogP contribution in [0.4, 0.5) is 0 Å². The van der Waals surface area contributed by atoms with Crippen LogP contribution < -0.4 is 29.6 Å². The van der Waals surface area contributed by atoms with Crippen molar-refractivity contribution in [2.75, 3.05) is 0 Å². The van der Waals surface area contributed by atoms with Crippen LogP contribution in [-0.2, 0) is 20.0 Å². The van der Waals surface area contributed by atoms with E-state index in [1.807, 2.05) is 0 Å². The Morgan fingerprint density at radius 2 is 0.909 bits per heavy atom. The molecule has 0 heterocycles. The topological polar surface area (TPSA) is 82.4 Å². The molecule has 0 aliphatic heterocycles. The molecule has 0 atom stereocenters. The van der Waals surface area contributed by atoms with E-state index in [0.29, 0.717) is 10.0 Å². The minimum absolute atomic E-state index is 0. The van der Waals surface area contributed by atoms with Gasteiger partial charge in [-0.15, -0.1) is 0 Å². The molecule has 0 spiro atoms. The Balaban J connectivity index is 0.00000242. The maximum absolute atomic E-state index is 12.0. The Morgan fingerprint density at radius 1 is 0.636 bits per heavy atom. The average molecular weight is 388 g/mol. The molecule has 5 nitrogen and oxygen atoms in total. The van der Waals surface area contributed by atoms with Gasteiger partial charge in [-0.25, -0.2) is 16.8 Å². The fourth-order valence-corrected chi connectivity index (χ4v) is 4.36. The van der Waals surface area contributed by atoms with E-state index in [1.165, 1.54) is 48.5 Å². The first-order chi connectivity index (χ1) is 9.71. The number of benzene rings is 2. The van der Waals surface area contributed by atoms with Gasteiger partial charge in [-0.3, -0.25) is 0 Å². The van der Waals surface area contributed by atoms with Crippen LogP contribution >= 0.6 is 23.2 Å². The fourth-order valence-electron chi connectivity index (χ4n) is 1.43. The summed E-state index contributed by atoms with van der Waals surface area (Å²) in [5, 5.41) is 0.656. The summed E-state index contributed by atoms with van der Waals surface area (Å²) in [6.07, 6.45) is 0. The molecule has 0 bridgehead atoms. The molecule has 0 unspecified atom stereocenters. The van der Waals surface area contributed by atoms with Gasteiger partial charge in [0.1, 0.15) is 20.0 Å². The Kier molecular flexibility index (Phi) is 6.91. The summed E-state index contributed by atoms with van der Waals surface area (Å²) in [6.45, 7) is 0. The first-order valence-electron chi connectivity index (χ1n) is 5.46. The predicted molar refractivity (Wildman–Crippen MR) is 80.6 cm³/mol. The molecular formula is C12H8Cl2NNaO4S2. The van der Waals surface area contributed by atoms with Gasteiger partial charge in [0.25, 0.3) is 0 Å². The van der Waals surface area contributed by atoms with Crippen molar-refractivity contribution < 1.29 is 46.4 Å². The van der Waals surface area contributed by atoms with Crippen LogP contribution in [0.3, 0.4) is 0 Å². The fraction of sp³-hybridized carbons (Fsp3) is 0. The first-order valence-corrected chi connectivity index (χ1v) is 9.10. The van der Waals surface area contributed by atoms with E-state index in [1.54, 1.807) is 0 Å². The van der Waals surface area contributed by atoms with Crippen molar-refractivity contribution >= 4 is 43.2 Å². The zero-order valence-corrected chi connectivity index (χ0v) is 16.4. The molecule has 0 aromatic heterocycles. The number of nitrogens with zero attached hydrogens (tertiary/aromatic N) is 1. The van der Waals surface area contributed by atoms with Crippen molar-refractivity contribution in [2.45, 2.75) is 9.79 Å². The maximum Gasteiger partial charge on any atom is 1.00 e. The Hall–Kier alpha value is -0.120. The molecule has 0 aliphatic rings. The molecule has 2 rings (SSSR count). The third-order valence-electron chi connectivity index (χ3n) is 2.42. The van der Waals surface area contributed by atoms with E-state index in [0.717, 1.165) is 0 Å². The van der Waals surface area contributed by atoms with Crippen molar-refractivity contribution in [1.82, 2.24) is 0 Å². The van der Waals surface area contributed by atoms with Crippen LogP contribution in [-0.4, -0.2) is 16.8 Å². The smallest absolute Gasteiger partial charge is 0.428 e. The summed E-state index contributed by atoms with van der Waals surface area (Å²) in [4.78, 5) is -0.520. The summed E-state index contributed by atoms with van der Waals surface area (Å²) >= 11 is 11.3. The zero-order valence-electron chi connectivity index (χ0n) is 11.3. The molecule has 0 radical (unpaired) electrons. The van der Waals surface area contributed by atoms with Gasteiger partial charge in [0, 0.05) is 19.8 Å². The Bertz CT molecular complexity index is 778. The van der Waals surface area contributed by atoms with Crippen LogP contribution in [0.2, 0.25) is 10.0 Å². The van der Waals surface area contributed by atoms with Crippen LogP contribution in [0.1, 0.15) is 0 Å². The third kappa shape index (κ3) is 4.94. The molecule has 0 saturated carbocycles. The number of halogens is 2. The van der Waals surface area contributed by atoms with Crippen molar-refractivity contribution in [3.05, 3.63) is 62.7 Å². The van der Waals surface area contributed by atoms with Crippen LogP contribution in [0.15, 0.2) is 58.3 Å². The second kappa shape index (κ2) is 7.63.